The van der Waals surface area contributed by atoms with Crippen molar-refractivity contribution in [3.63, 3.8) is 0 Å². The van der Waals surface area contributed by atoms with Crippen LogP contribution >= 0.6 is 0 Å². The van der Waals surface area contributed by atoms with Crippen LogP contribution in [0.5, 0.6) is 0 Å². The monoisotopic (exact) mass is 259 g/mol. The SMILES string of the molecule is CCNC(c1ccc(C2CCC2)cc1)C(C)C(C)C. The second-order valence-electron chi connectivity index (χ2n) is 6.43. The minimum absolute atomic E-state index is 0.487. The fraction of sp³-hybridized carbons (Fsp3) is 0.667. The van der Waals surface area contributed by atoms with Crippen LogP contribution in [-0.4, -0.2) is 6.54 Å². The summed E-state index contributed by atoms with van der Waals surface area (Å²) in [5.41, 5.74) is 2.99. The molecule has 1 fully saturated rings. The molecule has 1 aliphatic rings. The van der Waals surface area contributed by atoms with Gasteiger partial charge in [-0.1, -0.05) is 58.4 Å². The van der Waals surface area contributed by atoms with E-state index in [1.807, 2.05) is 0 Å². The van der Waals surface area contributed by atoms with Crippen LogP contribution in [0.1, 0.15) is 70.0 Å². The van der Waals surface area contributed by atoms with E-state index in [4.69, 9.17) is 0 Å². The molecule has 0 amide bonds. The lowest BCUT2D eigenvalue weighted by Gasteiger charge is -2.29. The van der Waals surface area contributed by atoms with E-state index in [0.717, 1.165) is 12.5 Å². The van der Waals surface area contributed by atoms with Crippen LogP contribution in [0.4, 0.5) is 0 Å². The molecule has 0 aromatic heterocycles. The number of rotatable bonds is 6. The van der Waals surface area contributed by atoms with Crippen molar-refractivity contribution < 1.29 is 0 Å². The highest BCUT2D eigenvalue weighted by Crippen LogP contribution is 2.37. The van der Waals surface area contributed by atoms with Crippen molar-refractivity contribution in [2.45, 2.75) is 58.9 Å². The average Bonchev–Trinajstić information content (AvgIpc) is 2.34. The molecule has 0 radical (unpaired) electrons. The minimum atomic E-state index is 0.487. The van der Waals surface area contributed by atoms with Crippen LogP contribution in [0.3, 0.4) is 0 Å². The molecule has 1 heteroatoms. The summed E-state index contributed by atoms with van der Waals surface area (Å²) >= 11 is 0. The molecule has 1 saturated carbocycles. The highest BCUT2D eigenvalue weighted by atomic mass is 14.9. The Labute approximate surface area is 118 Å². The lowest BCUT2D eigenvalue weighted by Crippen LogP contribution is -2.29. The molecule has 1 nitrogen and oxygen atoms in total. The van der Waals surface area contributed by atoms with Gasteiger partial charge in [0, 0.05) is 6.04 Å². The van der Waals surface area contributed by atoms with E-state index in [2.05, 4.69) is 57.3 Å². The molecule has 1 aliphatic carbocycles. The number of benzene rings is 1. The number of hydrogen-bond acceptors (Lipinski definition) is 1. The highest BCUT2D eigenvalue weighted by molar-refractivity contribution is 5.28. The maximum atomic E-state index is 3.66. The molecule has 0 bridgehead atoms. The third-order valence-electron chi connectivity index (χ3n) is 4.87. The molecule has 19 heavy (non-hydrogen) atoms. The van der Waals surface area contributed by atoms with Crippen molar-refractivity contribution in [1.29, 1.82) is 0 Å². The third kappa shape index (κ3) is 3.39. The first-order valence-electron chi connectivity index (χ1n) is 7.96. The summed E-state index contributed by atoms with van der Waals surface area (Å²) in [4.78, 5) is 0. The normalized spacial score (nSPS) is 19.2. The second-order valence-corrected chi connectivity index (χ2v) is 6.43. The van der Waals surface area contributed by atoms with E-state index in [9.17, 15) is 0 Å². The van der Waals surface area contributed by atoms with Crippen molar-refractivity contribution in [3.05, 3.63) is 35.4 Å². The zero-order chi connectivity index (χ0) is 13.8. The molecular formula is C18H29N. The lowest BCUT2D eigenvalue weighted by molar-refractivity contribution is 0.307. The van der Waals surface area contributed by atoms with Crippen molar-refractivity contribution in [2.24, 2.45) is 11.8 Å². The van der Waals surface area contributed by atoms with Crippen LogP contribution in [0.25, 0.3) is 0 Å². The van der Waals surface area contributed by atoms with Crippen LogP contribution in [0, 0.1) is 11.8 Å². The first-order chi connectivity index (χ1) is 9.13. The quantitative estimate of drug-likeness (QED) is 0.766. The van der Waals surface area contributed by atoms with E-state index >= 15 is 0 Å². The molecule has 0 heterocycles. The predicted molar refractivity (Wildman–Crippen MR) is 83.5 cm³/mol. The molecule has 1 aromatic rings. The van der Waals surface area contributed by atoms with Gasteiger partial charge in [0.05, 0.1) is 0 Å². The standard InChI is InChI=1S/C18H29N/c1-5-19-18(14(4)13(2)3)17-11-9-16(10-12-17)15-7-6-8-15/h9-15,18-19H,5-8H2,1-4H3. The summed E-state index contributed by atoms with van der Waals surface area (Å²) in [7, 11) is 0. The molecule has 0 spiro atoms. The summed E-state index contributed by atoms with van der Waals surface area (Å²) in [5.74, 6) is 2.21. The molecule has 1 N–H and O–H groups in total. The maximum Gasteiger partial charge on any atom is 0.0348 e. The van der Waals surface area contributed by atoms with Gasteiger partial charge in [0.15, 0.2) is 0 Å². The largest absolute Gasteiger partial charge is 0.310 e. The van der Waals surface area contributed by atoms with E-state index in [1.165, 1.54) is 24.8 Å². The lowest BCUT2D eigenvalue weighted by atomic mass is 9.79. The molecule has 106 valence electrons. The zero-order valence-electron chi connectivity index (χ0n) is 12.9. The number of nitrogens with one attached hydrogen (secondary N) is 1. The smallest absolute Gasteiger partial charge is 0.0348 e. The van der Waals surface area contributed by atoms with Crippen molar-refractivity contribution in [3.8, 4) is 0 Å². The Hall–Kier alpha value is -0.820. The maximum absolute atomic E-state index is 3.66. The van der Waals surface area contributed by atoms with Gasteiger partial charge in [-0.05, 0) is 48.3 Å². The highest BCUT2D eigenvalue weighted by Gasteiger charge is 2.23. The van der Waals surface area contributed by atoms with Gasteiger partial charge in [0.1, 0.15) is 0 Å². The van der Waals surface area contributed by atoms with Crippen LogP contribution < -0.4 is 5.32 Å². The second kappa shape index (κ2) is 6.56. The van der Waals surface area contributed by atoms with Gasteiger partial charge in [-0.15, -0.1) is 0 Å². The van der Waals surface area contributed by atoms with Gasteiger partial charge in [0.2, 0.25) is 0 Å². The Morgan fingerprint density at radius 1 is 1.11 bits per heavy atom. The zero-order valence-corrected chi connectivity index (χ0v) is 12.9. The molecule has 0 saturated heterocycles. The van der Waals surface area contributed by atoms with Crippen molar-refractivity contribution in [2.75, 3.05) is 6.54 Å². The van der Waals surface area contributed by atoms with E-state index in [0.29, 0.717) is 17.9 Å². The molecule has 2 unspecified atom stereocenters. The topological polar surface area (TPSA) is 12.0 Å². The van der Waals surface area contributed by atoms with Gasteiger partial charge in [0.25, 0.3) is 0 Å². The average molecular weight is 259 g/mol. The Bertz CT molecular complexity index is 375. The number of hydrogen-bond donors (Lipinski definition) is 1. The van der Waals surface area contributed by atoms with Crippen molar-refractivity contribution in [1.82, 2.24) is 5.32 Å². The molecule has 2 rings (SSSR count). The summed E-state index contributed by atoms with van der Waals surface area (Å²) in [6.07, 6.45) is 4.19. The summed E-state index contributed by atoms with van der Waals surface area (Å²) in [6.45, 7) is 10.2. The Balaban J connectivity index is 2.12. The first kappa shape index (κ1) is 14.6. The fourth-order valence-corrected chi connectivity index (χ4v) is 2.93. The van der Waals surface area contributed by atoms with E-state index in [1.54, 1.807) is 5.56 Å². The Kier molecular flexibility index (Phi) is 5.04. The third-order valence-corrected chi connectivity index (χ3v) is 4.87. The first-order valence-corrected chi connectivity index (χ1v) is 7.96. The van der Waals surface area contributed by atoms with Gasteiger partial charge < -0.3 is 5.32 Å². The van der Waals surface area contributed by atoms with Crippen LogP contribution in [-0.2, 0) is 0 Å². The van der Waals surface area contributed by atoms with Gasteiger partial charge in [-0.2, -0.15) is 0 Å². The van der Waals surface area contributed by atoms with Crippen LogP contribution in [0.15, 0.2) is 24.3 Å². The van der Waals surface area contributed by atoms with E-state index in [-0.39, 0.29) is 0 Å². The summed E-state index contributed by atoms with van der Waals surface area (Å²) in [6, 6.07) is 9.90. The van der Waals surface area contributed by atoms with Gasteiger partial charge in [-0.25, -0.2) is 0 Å². The predicted octanol–water partition coefficient (Wildman–Crippen LogP) is 4.90. The van der Waals surface area contributed by atoms with E-state index < -0.39 is 0 Å². The molecular weight excluding hydrogens is 230 g/mol. The molecule has 0 aliphatic heterocycles. The van der Waals surface area contributed by atoms with Crippen LogP contribution in [0.2, 0.25) is 0 Å². The molecule has 1 aromatic carbocycles. The minimum Gasteiger partial charge on any atom is -0.310 e. The summed E-state index contributed by atoms with van der Waals surface area (Å²) in [5, 5.41) is 3.66. The Morgan fingerprint density at radius 3 is 2.16 bits per heavy atom. The van der Waals surface area contributed by atoms with Gasteiger partial charge in [-0.3, -0.25) is 0 Å². The fourth-order valence-electron chi connectivity index (χ4n) is 2.93. The molecule has 2 atom stereocenters. The Morgan fingerprint density at radius 2 is 1.74 bits per heavy atom. The van der Waals surface area contributed by atoms with Gasteiger partial charge >= 0.3 is 0 Å². The van der Waals surface area contributed by atoms with Crippen molar-refractivity contribution >= 4 is 0 Å². The summed E-state index contributed by atoms with van der Waals surface area (Å²) < 4.78 is 0.